The van der Waals surface area contributed by atoms with Crippen LogP contribution in [0.1, 0.15) is 47.6 Å². The molecular formula is C14H20F3N. The van der Waals surface area contributed by atoms with Crippen LogP contribution in [0.2, 0.25) is 0 Å². The zero-order valence-electron chi connectivity index (χ0n) is 11.1. The van der Waals surface area contributed by atoms with Gasteiger partial charge in [0.25, 0.3) is 0 Å². The Morgan fingerprint density at radius 3 is 2.06 bits per heavy atom. The fraction of sp³-hybridized carbons (Fsp3) is 0.571. The third kappa shape index (κ3) is 4.33. The van der Waals surface area contributed by atoms with E-state index in [2.05, 4.69) is 0 Å². The lowest BCUT2D eigenvalue weighted by Gasteiger charge is -2.18. The molecule has 0 aliphatic carbocycles. The van der Waals surface area contributed by atoms with Gasteiger partial charge in [-0.15, -0.1) is 0 Å². The van der Waals surface area contributed by atoms with Crippen molar-refractivity contribution in [3.63, 3.8) is 0 Å². The van der Waals surface area contributed by atoms with E-state index in [4.69, 9.17) is 5.73 Å². The van der Waals surface area contributed by atoms with Crippen LogP contribution in [-0.2, 0) is 0 Å². The van der Waals surface area contributed by atoms with E-state index in [0.717, 1.165) is 22.3 Å². The highest BCUT2D eigenvalue weighted by molar-refractivity contribution is 5.39. The SMILES string of the molecule is Cc1cc(C)c(C(N)CCCC(F)(F)F)c(C)c1. The summed E-state index contributed by atoms with van der Waals surface area (Å²) in [6, 6.07) is 3.73. The van der Waals surface area contributed by atoms with Crippen molar-refractivity contribution in [3.05, 3.63) is 34.4 Å². The molecule has 18 heavy (non-hydrogen) atoms. The van der Waals surface area contributed by atoms with Crippen LogP contribution < -0.4 is 5.73 Å². The minimum absolute atomic E-state index is 0.0808. The van der Waals surface area contributed by atoms with Crippen molar-refractivity contribution in [2.24, 2.45) is 5.73 Å². The van der Waals surface area contributed by atoms with Crippen LogP contribution in [0.25, 0.3) is 0 Å². The van der Waals surface area contributed by atoms with E-state index >= 15 is 0 Å². The van der Waals surface area contributed by atoms with Gasteiger partial charge in [-0.3, -0.25) is 0 Å². The molecule has 0 saturated heterocycles. The summed E-state index contributed by atoms with van der Waals surface area (Å²) in [5.41, 5.74) is 10.3. The molecular weight excluding hydrogens is 239 g/mol. The van der Waals surface area contributed by atoms with Gasteiger partial charge in [0.2, 0.25) is 0 Å². The van der Waals surface area contributed by atoms with Gasteiger partial charge in [-0.2, -0.15) is 13.2 Å². The predicted octanol–water partition coefficient (Wildman–Crippen LogP) is 4.34. The Hall–Kier alpha value is -1.03. The van der Waals surface area contributed by atoms with Crippen molar-refractivity contribution in [2.75, 3.05) is 0 Å². The molecule has 1 aromatic rings. The summed E-state index contributed by atoms with van der Waals surface area (Å²) in [6.45, 7) is 5.91. The van der Waals surface area contributed by atoms with Crippen LogP contribution >= 0.6 is 0 Å². The van der Waals surface area contributed by atoms with Gasteiger partial charge >= 0.3 is 6.18 Å². The normalized spacial score (nSPS) is 13.7. The number of alkyl halides is 3. The average Bonchev–Trinajstić information content (AvgIpc) is 2.13. The van der Waals surface area contributed by atoms with Gasteiger partial charge in [0.15, 0.2) is 0 Å². The number of nitrogens with two attached hydrogens (primary N) is 1. The second-order valence-corrected chi connectivity index (χ2v) is 4.93. The van der Waals surface area contributed by atoms with Crippen molar-refractivity contribution >= 4 is 0 Å². The van der Waals surface area contributed by atoms with E-state index in [1.807, 2.05) is 32.9 Å². The molecule has 0 aliphatic heterocycles. The minimum atomic E-state index is -4.09. The number of rotatable bonds is 4. The minimum Gasteiger partial charge on any atom is -0.324 e. The van der Waals surface area contributed by atoms with Gasteiger partial charge in [-0.25, -0.2) is 0 Å². The molecule has 0 spiro atoms. The topological polar surface area (TPSA) is 26.0 Å². The molecule has 0 aliphatic rings. The first kappa shape index (κ1) is 15.0. The molecule has 102 valence electrons. The van der Waals surface area contributed by atoms with Crippen molar-refractivity contribution < 1.29 is 13.2 Å². The van der Waals surface area contributed by atoms with Gasteiger partial charge in [0, 0.05) is 12.5 Å². The van der Waals surface area contributed by atoms with Gasteiger partial charge in [-0.1, -0.05) is 17.7 Å². The molecule has 0 aromatic heterocycles. The standard InChI is InChI=1S/C14H20F3N/c1-9-7-10(2)13(11(3)8-9)12(18)5-4-6-14(15,16)17/h7-8,12H,4-6,18H2,1-3H3. The van der Waals surface area contributed by atoms with Crippen molar-refractivity contribution in [1.82, 2.24) is 0 Å². The maximum absolute atomic E-state index is 12.1. The van der Waals surface area contributed by atoms with Crippen LogP contribution in [0.5, 0.6) is 0 Å². The zero-order chi connectivity index (χ0) is 13.9. The van der Waals surface area contributed by atoms with Crippen molar-refractivity contribution in [3.8, 4) is 0 Å². The lowest BCUT2D eigenvalue weighted by molar-refractivity contribution is -0.135. The molecule has 1 unspecified atom stereocenters. The van der Waals surface area contributed by atoms with Crippen molar-refractivity contribution in [2.45, 2.75) is 52.3 Å². The maximum atomic E-state index is 12.1. The van der Waals surface area contributed by atoms with E-state index in [1.54, 1.807) is 0 Å². The fourth-order valence-corrected chi connectivity index (χ4v) is 2.44. The summed E-state index contributed by atoms with van der Waals surface area (Å²) >= 11 is 0. The number of benzene rings is 1. The molecule has 2 N–H and O–H groups in total. The molecule has 1 aromatic carbocycles. The molecule has 0 radical (unpaired) electrons. The second kappa shape index (κ2) is 5.74. The van der Waals surface area contributed by atoms with Crippen LogP contribution in [0.3, 0.4) is 0 Å². The summed E-state index contributed by atoms with van der Waals surface area (Å²) < 4.78 is 36.2. The highest BCUT2D eigenvalue weighted by Gasteiger charge is 2.26. The first-order valence-electron chi connectivity index (χ1n) is 6.11. The molecule has 1 atom stereocenters. The third-order valence-electron chi connectivity index (χ3n) is 3.08. The van der Waals surface area contributed by atoms with E-state index in [1.165, 1.54) is 0 Å². The van der Waals surface area contributed by atoms with Crippen molar-refractivity contribution in [1.29, 1.82) is 0 Å². The Morgan fingerprint density at radius 1 is 1.11 bits per heavy atom. The van der Waals surface area contributed by atoms with Gasteiger partial charge < -0.3 is 5.73 Å². The number of hydrogen-bond donors (Lipinski definition) is 1. The highest BCUT2D eigenvalue weighted by Crippen LogP contribution is 2.28. The van der Waals surface area contributed by atoms with E-state index in [-0.39, 0.29) is 12.5 Å². The van der Waals surface area contributed by atoms with Crippen LogP contribution in [0, 0.1) is 20.8 Å². The first-order valence-corrected chi connectivity index (χ1v) is 6.11. The van der Waals surface area contributed by atoms with Gasteiger partial charge in [-0.05, 0) is 50.3 Å². The van der Waals surface area contributed by atoms with Crippen LogP contribution in [0.4, 0.5) is 13.2 Å². The lowest BCUT2D eigenvalue weighted by atomic mass is 9.92. The summed E-state index contributed by atoms with van der Waals surface area (Å²) in [4.78, 5) is 0. The number of aryl methyl sites for hydroxylation is 3. The van der Waals surface area contributed by atoms with Crippen LogP contribution in [0.15, 0.2) is 12.1 Å². The quantitative estimate of drug-likeness (QED) is 0.855. The van der Waals surface area contributed by atoms with E-state index in [0.29, 0.717) is 6.42 Å². The fourth-order valence-electron chi connectivity index (χ4n) is 2.44. The Labute approximate surface area is 106 Å². The molecule has 1 nitrogen and oxygen atoms in total. The Kier molecular flexibility index (Phi) is 4.79. The summed E-state index contributed by atoms with van der Waals surface area (Å²) in [6.07, 6.45) is -4.40. The van der Waals surface area contributed by atoms with E-state index in [9.17, 15) is 13.2 Å². The molecule has 0 amide bonds. The predicted molar refractivity (Wildman–Crippen MR) is 67.5 cm³/mol. The van der Waals surface area contributed by atoms with Gasteiger partial charge in [0.05, 0.1) is 0 Å². The first-order chi connectivity index (χ1) is 8.20. The number of halogens is 3. The summed E-state index contributed by atoms with van der Waals surface area (Å²) in [5, 5.41) is 0. The largest absolute Gasteiger partial charge is 0.389 e. The van der Waals surface area contributed by atoms with Gasteiger partial charge in [0.1, 0.15) is 0 Å². The average molecular weight is 259 g/mol. The molecule has 0 fully saturated rings. The molecule has 1 rings (SSSR count). The van der Waals surface area contributed by atoms with E-state index < -0.39 is 12.6 Å². The van der Waals surface area contributed by atoms with Crippen LogP contribution in [-0.4, -0.2) is 6.18 Å². The molecule has 0 heterocycles. The molecule has 4 heteroatoms. The number of hydrogen-bond acceptors (Lipinski definition) is 1. The summed E-state index contributed by atoms with van der Waals surface area (Å²) in [5.74, 6) is 0. The Morgan fingerprint density at radius 2 is 1.61 bits per heavy atom. The smallest absolute Gasteiger partial charge is 0.324 e. The Balaban J connectivity index is 2.70. The third-order valence-corrected chi connectivity index (χ3v) is 3.08. The Bertz CT molecular complexity index is 387. The monoisotopic (exact) mass is 259 g/mol. The lowest BCUT2D eigenvalue weighted by Crippen LogP contribution is -2.15. The second-order valence-electron chi connectivity index (χ2n) is 4.93. The maximum Gasteiger partial charge on any atom is 0.389 e. The zero-order valence-corrected chi connectivity index (χ0v) is 11.1. The molecule has 0 saturated carbocycles. The molecule has 0 bridgehead atoms. The summed E-state index contributed by atoms with van der Waals surface area (Å²) in [7, 11) is 0. The highest BCUT2D eigenvalue weighted by atomic mass is 19.4.